The van der Waals surface area contributed by atoms with E-state index in [-0.39, 0.29) is 32.5 Å². The maximum atomic E-state index is 4.07. The van der Waals surface area contributed by atoms with Crippen molar-refractivity contribution in [3.8, 4) is 0 Å². The van der Waals surface area contributed by atoms with Gasteiger partial charge in [-0.25, -0.2) is 0 Å². The Morgan fingerprint density at radius 1 is 0.423 bits per heavy atom. The zero-order valence-electron chi connectivity index (χ0n) is 35.5. The van der Waals surface area contributed by atoms with Crippen molar-refractivity contribution in [2.45, 2.75) is 157 Å². The topological polar surface area (TPSA) is 0 Å². The van der Waals surface area contributed by atoms with E-state index >= 15 is 0 Å². The molecule has 52 heavy (non-hydrogen) atoms. The molecule has 4 aromatic rings. The van der Waals surface area contributed by atoms with Crippen LogP contribution in [0.5, 0.6) is 0 Å². The van der Waals surface area contributed by atoms with Gasteiger partial charge in [0.05, 0.1) is 11.1 Å². The molecule has 0 N–H and O–H groups in total. The smallest absolute Gasteiger partial charge is 0.0553 e. The van der Waals surface area contributed by atoms with E-state index in [1.807, 2.05) is 0 Å². The van der Waals surface area contributed by atoms with Crippen molar-refractivity contribution in [2.75, 3.05) is 0 Å². The fourth-order valence-corrected chi connectivity index (χ4v) is 10.8. The molecule has 0 nitrogen and oxygen atoms in total. The van der Waals surface area contributed by atoms with Crippen molar-refractivity contribution >= 4 is 71.7 Å². The van der Waals surface area contributed by atoms with Gasteiger partial charge < -0.3 is 0 Å². The maximum Gasteiger partial charge on any atom is 0.0553 e. The number of allylic oxidation sites excluding steroid dienone is 2. The van der Waals surface area contributed by atoms with Gasteiger partial charge in [0.1, 0.15) is 0 Å². The van der Waals surface area contributed by atoms with Crippen LogP contribution in [0.2, 0.25) is 0 Å². The van der Waals surface area contributed by atoms with Gasteiger partial charge in [0.2, 0.25) is 0 Å². The fraction of sp³-hybridized carbons (Fsp3) is 0.500. The minimum atomic E-state index is -0.0164. The molecule has 0 saturated heterocycles. The normalized spacial score (nSPS) is 13.3. The molecule has 0 spiro atoms. The van der Waals surface area contributed by atoms with Gasteiger partial charge in [-0.1, -0.05) is 172 Å². The van der Waals surface area contributed by atoms with Gasteiger partial charge in [-0.2, -0.15) is 0 Å². The molecule has 0 amide bonds. The molecule has 0 aliphatic carbocycles. The predicted molar refractivity (Wildman–Crippen MR) is 244 cm³/mol. The highest BCUT2D eigenvalue weighted by atomic mass is 32.1. The van der Waals surface area contributed by atoms with Crippen LogP contribution >= 0.6 is 39.1 Å². The molecule has 0 unspecified atom stereocenters. The van der Waals surface area contributed by atoms with Gasteiger partial charge in [-0.05, 0) is 105 Å². The summed E-state index contributed by atoms with van der Waals surface area (Å²) in [4.78, 5) is 2.46. The first kappa shape index (κ1) is 42.5. The summed E-state index contributed by atoms with van der Waals surface area (Å²) in [5.41, 5.74) is 18.9. The van der Waals surface area contributed by atoms with Crippen LogP contribution in [0, 0.1) is 0 Å². The van der Waals surface area contributed by atoms with Crippen LogP contribution in [0.15, 0.2) is 59.3 Å². The van der Waals surface area contributed by atoms with Gasteiger partial charge in [-0.3, -0.25) is 0 Å². The van der Waals surface area contributed by atoms with Crippen LogP contribution in [0.25, 0.3) is 11.1 Å². The Labute approximate surface area is 329 Å². The number of thiophene rings is 2. The monoisotopic (exact) mass is 766 g/mol. The Morgan fingerprint density at radius 2 is 0.692 bits per heavy atom. The molecule has 4 rings (SSSR count). The van der Waals surface area contributed by atoms with E-state index in [4.69, 9.17) is 0 Å². The second-order valence-corrected chi connectivity index (χ2v) is 24.2. The molecule has 0 aliphatic heterocycles. The summed E-state index contributed by atoms with van der Waals surface area (Å²) in [6.07, 6.45) is 0. The Balaban J connectivity index is 2.21. The standard InChI is InChI=1S/C48H64P2S2/c1-43(2,3)31-25-35(45(7,8)9)41(36(26-31)46(10,11)12)49-29-33(39-21-19-23-51-39)34(40-22-20-24-52-40)30-50-42-37(47(13,14)15)27-32(44(4,5)6)28-38(42)48(16,17)18/h19-28H,1-18H3. The third-order valence-corrected chi connectivity index (χ3v) is 13.4. The molecule has 2 heterocycles. The maximum absolute atomic E-state index is 4.07. The van der Waals surface area contributed by atoms with E-state index in [9.17, 15) is 0 Å². The van der Waals surface area contributed by atoms with Crippen molar-refractivity contribution in [1.82, 2.24) is 0 Å². The number of hydrogen-bond acceptors (Lipinski definition) is 2. The molecule has 0 radical (unpaired) electrons. The summed E-state index contributed by atoms with van der Waals surface area (Å²) in [7, 11) is 2.17. The van der Waals surface area contributed by atoms with Crippen molar-refractivity contribution in [2.24, 2.45) is 0 Å². The van der Waals surface area contributed by atoms with E-state index < -0.39 is 0 Å². The lowest BCUT2D eigenvalue weighted by molar-refractivity contribution is 0.553. The van der Waals surface area contributed by atoms with Crippen LogP contribution < -0.4 is 10.6 Å². The van der Waals surface area contributed by atoms with Crippen molar-refractivity contribution in [3.63, 3.8) is 0 Å². The van der Waals surface area contributed by atoms with Crippen LogP contribution in [-0.2, 0) is 32.5 Å². The van der Waals surface area contributed by atoms with Gasteiger partial charge >= 0.3 is 0 Å². The first-order chi connectivity index (χ1) is 23.6. The van der Waals surface area contributed by atoms with E-state index in [2.05, 4.69) is 195 Å². The van der Waals surface area contributed by atoms with E-state index in [1.165, 1.54) is 53.7 Å². The zero-order valence-corrected chi connectivity index (χ0v) is 38.9. The lowest BCUT2D eigenvalue weighted by atomic mass is 9.75. The molecular weight excluding hydrogens is 703 g/mol. The van der Waals surface area contributed by atoms with Gasteiger partial charge in [-0.15, -0.1) is 22.7 Å². The van der Waals surface area contributed by atoms with E-state index in [0.717, 1.165) is 27.6 Å². The largest absolute Gasteiger partial charge is 0.143 e. The van der Waals surface area contributed by atoms with Crippen molar-refractivity contribution in [1.29, 1.82) is 0 Å². The first-order valence-corrected chi connectivity index (χ1v) is 22.3. The third-order valence-electron chi connectivity index (χ3n) is 9.53. The summed E-state index contributed by atoms with van der Waals surface area (Å²) in [5.74, 6) is 0. The Morgan fingerprint density at radius 3 is 0.885 bits per heavy atom. The average molecular weight is 767 g/mol. The SMILES string of the molecule is CC(C)(C)c1cc(C(C)(C)C)c(P=C=C(C(=C=Pc2c(C(C)(C)C)cc(C(C)(C)C)cc2C(C)(C)C)c2cccs2)c2cccs2)c(C(C)(C)C)c1. The van der Waals surface area contributed by atoms with Gasteiger partial charge in [0.25, 0.3) is 0 Å². The molecule has 278 valence electrons. The minimum Gasteiger partial charge on any atom is -0.143 e. The summed E-state index contributed by atoms with van der Waals surface area (Å²) < 4.78 is 0. The zero-order chi connectivity index (χ0) is 39.2. The molecule has 0 saturated carbocycles. The summed E-state index contributed by atoms with van der Waals surface area (Å²) in [5, 5.41) is 7.15. The summed E-state index contributed by atoms with van der Waals surface area (Å²) in [6, 6.07) is 18.8. The average Bonchev–Trinajstić information content (AvgIpc) is 3.70. The van der Waals surface area contributed by atoms with E-state index in [0.29, 0.717) is 0 Å². The molecule has 2 aromatic carbocycles. The number of benzene rings is 2. The third kappa shape index (κ3) is 10.1. The number of rotatable bonds is 5. The van der Waals surface area contributed by atoms with Crippen LogP contribution in [0.1, 0.15) is 168 Å². The Kier molecular flexibility index (Phi) is 12.3. The predicted octanol–water partition coefficient (Wildman–Crippen LogP) is 14.4. The number of hydrogen-bond donors (Lipinski definition) is 0. The lowest BCUT2D eigenvalue weighted by Gasteiger charge is -2.32. The highest BCUT2D eigenvalue weighted by molar-refractivity contribution is 7.48. The summed E-state index contributed by atoms with van der Waals surface area (Å²) >= 11 is 3.59. The van der Waals surface area contributed by atoms with Crippen molar-refractivity contribution in [3.05, 3.63) is 102 Å². The molecule has 0 fully saturated rings. The lowest BCUT2D eigenvalue weighted by Crippen LogP contribution is -2.29. The molecule has 0 aliphatic rings. The second kappa shape index (κ2) is 15.1. The molecular formula is C48H64P2S2. The highest BCUT2D eigenvalue weighted by Gasteiger charge is 2.30. The van der Waals surface area contributed by atoms with Crippen LogP contribution in [0.4, 0.5) is 0 Å². The second-order valence-electron chi connectivity index (χ2n) is 20.5. The van der Waals surface area contributed by atoms with E-state index in [1.54, 1.807) is 22.7 Å². The minimum absolute atomic E-state index is 0.0164. The Bertz CT molecular complexity index is 1790. The summed E-state index contributed by atoms with van der Waals surface area (Å²) in [6.45, 7) is 42.3. The first-order valence-electron chi connectivity index (χ1n) is 18.7. The molecule has 4 heteroatoms. The van der Waals surface area contributed by atoms with Crippen LogP contribution in [-0.4, -0.2) is 10.9 Å². The fourth-order valence-electron chi connectivity index (χ4n) is 6.20. The highest BCUT2D eigenvalue weighted by Crippen LogP contribution is 2.39. The molecule has 0 bridgehead atoms. The van der Waals surface area contributed by atoms with Crippen LogP contribution in [0.3, 0.4) is 0 Å². The quantitative estimate of drug-likeness (QED) is 0.140. The van der Waals surface area contributed by atoms with Gasteiger partial charge in [0.15, 0.2) is 0 Å². The molecule has 2 aromatic heterocycles. The van der Waals surface area contributed by atoms with Crippen molar-refractivity contribution < 1.29 is 0 Å². The van der Waals surface area contributed by atoms with Gasteiger partial charge in [0, 0.05) is 20.4 Å². The molecule has 0 atom stereocenters. The Hall–Kier alpha value is -2.26.